The minimum Gasteiger partial charge on any atom is -0.481 e. The Hall–Kier alpha value is -0.870. The second kappa shape index (κ2) is 6.80. The average molecular weight is 336 g/mol. The minimum absolute atomic E-state index is 0.0137. The van der Waals surface area contributed by atoms with Gasteiger partial charge in [0.15, 0.2) is 0 Å². The van der Waals surface area contributed by atoms with Gasteiger partial charge in [-0.25, -0.2) is 0 Å². The van der Waals surface area contributed by atoms with Gasteiger partial charge in [-0.15, -0.1) is 0 Å². The van der Waals surface area contributed by atoms with Crippen molar-refractivity contribution < 1.29 is 20.1 Å². The third kappa shape index (κ3) is 2.92. The van der Waals surface area contributed by atoms with E-state index in [2.05, 4.69) is 13.5 Å². The first-order valence-corrected chi connectivity index (χ1v) is 9.58. The second-order valence-electron chi connectivity index (χ2n) is 8.64. The maximum atomic E-state index is 12.2. The van der Waals surface area contributed by atoms with E-state index in [0.717, 1.165) is 38.5 Å². The number of aliphatic hydroxyl groups is 2. The van der Waals surface area contributed by atoms with Crippen molar-refractivity contribution >= 4 is 5.97 Å². The summed E-state index contributed by atoms with van der Waals surface area (Å²) in [7, 11) is 0. The standard InChI is InChI=1S/C20H32O4/c1-12-3-6-17-18(19(23)24)16(7-9-20(12,17)2)15-5-4-14(22)11-13(15)8-10-21/h13-18,21-22H,1,3-11H2,2H3,(H,23,24)/t13-,14+,15-,16+,17+,18-,20-/m1/s1. The van der Waals surface area contributed by atoms with Gasteiger partial charge in [-0.2, -0.15) is 0 Å². The SMILES string of the molecule is C=C1CC[C@H]2[C@H](C(=O)O)[C@H]([C@@H]3CC[C@H](O)C[C@H]3CCO)CC[C@]12C. The number of rotatable bonds is 4. The predicted octanol–water partition coefficient (Wildman–Crippen LogP) is 3.23. The lowest BCUT2D eigenvalue weighted by Gasteiger charge is -2.50. The van der Waals surface area contributed by atoms with Gasteiger partial charge in [0.2, 0.25) is 0 Å². The highest BCUT2D eigenvalue weighted by atomic mass is 16.4. The molecule has 3 fully saturated rings. The van der Waals surface area contributed by atoms with Crippen LogP contribution in [0.15, 0.2) is 12.2 Å². The molecular weight excluding hydrogens is 304 g/mol. The maximum absolute atomic E-state index is 12.2. The molecule has 0 saturated heterocycles. The molecule has 0 aromatic rings. The molecule has 0 unspecified atom stereocenters. The molecule has 0 aromatic carbocycles. The molecule has 0 spiro atoms. The van der Waals surface area contributed by atoms with Crippen LogP contribution < -0.4 is 0 Å². The van der Waals surface area contributed by atoms with Crippen molar-refractivity contribution in [3.05, 3.63) is 12.2 Å². The highest BCUT2D eigenvalue weighted by molar-refractivity contribution is 5.71. The highest BCUT2D eigenvalue weighted by Gasteiger charge is 2.55. The molecule has 3 aliphatic rings. The first-order chi connectivity index (χ1) is 11.4. The summed E-state index contributed by atoms with van der Waals surface area (Å²) in [4.78, 5) is 12.2. The summed E-state index contributed by atoms with van der Waals surface area (Å²) in [6.07, 6.45) is 6.64. The van der Waals surface area contributed by atoms with Crippen molar-refractivity contribution in [3.8, 4) is 0 Å². The zero-order valence-corrected chi connectivity index (χ0v) is 14.8. The summed E-state index contributed by atoms with van der Waals surface area (Å²) in [6.45, 7) is 6.58. The second-order valence-corrected chi connectivity index (χ2v) is 8.64. The fourth-order valence-corrected chi connectivity index (χ4v) is 6.24. The molecule has 4 heteroatoms. The number of carboxylic acids is 1. The Morgan fingerprint density at radius 2 is 2.00 bits per heavy atom. The summed E-state index contributed by atoms with van der Waals surface area (Å²) >= 11 is 0. The molecule has 3 rings (SSSR count). The van der Waals surface area contributed by atoms with E-state index in [4.69, 9.17) is 0 Å². The number of carbonyl (C=O) groups is 1. The molecule has 3 saturated carbocycles. The van der Waals surface area contributed by atoms with Crippen LogP contribution in [0.4, 0.5) is 0 Å². The van der Waals surface area contributed by atoms with E-state index in [9.17, 15) is 20.1 Å². The zero-order chi connectivity index (χ0) is 17.5. The summed E-state index contributed by atoms with van der Waals surface area (Å²) < 4.78 is 0. The average Bonchev–Trinajstić information content (AvgIpc) is 2.83. The van der Waals surface area contributed by atoms with Gasteiger partial charge in [0.25, 0.3) is 0 Å². The topological polar surface area (TPSA) is 77.8 Å². The maximum Gasteiger partial charge on any atom is 0.307 e. The Bertz CT molecular complexity index is 502. The van der Waals surface area contributed by atoms with E-state index in [-0.39, 0.29) is 41.8 Å². The van der Waals surface area contributed by atoms with Crippen LogP contribution in [-0.2, 0) is 4.79 Å². The molecule has 3 aliphatic carbocycles. The summed E-state index contributed by atoms with van der Waals surface area (Å²) in [5, 5.41) is 29.5. The molecule has 0 bridgehead atoms. The number of aliphatic carboxylic acids is 1. The van der Waals surface area contributed by atoms with Crippen molar-refractivity contribution in [2.24, 2.45) is 35.0 Å². The molecule has 0 amide bonds. The summed E-state index contributed by atoms with van der Waals surface area (Å²) in [6, 6.07) is 0. The largest absolute Gasteiger partial charge is 0.481 e. The fourth-order valence-electron chi connectivity index (χ4n) is 6.24. The van der Waals surface area contributed by atoms with Gasteiger partial charge in [0.05, 0.1) is 12.0 Å². The molecule has 0 aromatic heterocycles. The third-order valence-corrected chi connectivity index (χ3v) is 7.62. The molecule has 0 heterocycles. The van der Waals surface area contributed by atoms with Gasteiger partial charge in [0, 0.05) is 6.61 Å². The van der Waals surface area contributed by atoms with Gasteiger partial charge in [-0.3, -0.25) is 4.79 Å². The molecule has 24 heavy (non-hydrogen) atoms. The van der Waals surface area contributed by atoms with Crippen molar-refractivity contribution in [3.63, 3.8) is 0 Å². The van der Waals surface area contributed by atoms with E-state index >= 15 is 0 Å². The number of hydrogen-bond donors (Lipinski definition) is 3. The van der Waals surface area contributed by atoms with Crippen LogP contribution in [-0.4, -0.2) is 34.0 Å². The normalized spacial score (nSPS) is 45.9. The molecule has 4 nitrogen and oxygen atoms in total. The molecular formula is C20H32O4. The lowest BCUT2D eigenvalue weighted by molar-refractivity contribution is -0.153. The molecule has 136 valence electrons. The Morgan fingerprint density at radius 3 is 2.67 bits per heavy atom. The summed E-state index contributed by atoms with van der Waals surface area (Å²) in [5.74, 6) is -0.0121. The Morgan fingerprint density at radius 1 is 1.25 bits per heavy atom. The van der Waals surface area contributed by atoms with E-state index in [1.165, 1.54) is 5.57 Å². The van der Waals surface area contributed by atoms with Gasteiger partial charge >= 0.3 is 5.97 Å². The minimum atomic E-state index is -0.653. The quantitative estimate of drug-likeness (QED) is 0.689. The van der Waals surface area contributed by atoms with Crippen molar-refractivity contribution in [1.82, 2.24) is 0 Å². The van der Waals surface area contributed by atoms with Gasteiger partial charge in [-0.1, -0.05) is 19.1 Å². The molecule has 0 aliphatic heterocycles. The monoisotopic (exact) mass is 336 g/mol. The van der Waals surface area contributed by atoms with Gasteiger partial charge in [-0.05, 0) is 80.5 Å². The number of allylic oxidation sites excluding steroid dienone is 1. The van der Waals surface area contributed by atoms with E-state index in [0.29, 0.717) is 18.8 Å². The number of carboxylic acid groups (broad SMARTS) is 1. The van der Waals surface area contributed by atoms with Gasteiger partial charge < -0.3 is 15.3 Å². The molecule has 3 N–H and O–H groups in total. The Kier molecular flexibility index (Phi) is 5.08. The first kappa shape index (κ1) is 17.9. The van der Waals surface area contributed by atoms with Crippen LogP contribution in [0.25, 0.3) is 0 Å². The van der Waals surface area contributed by atoms with E-state index < -0.39 is 5.97 Å². The Labute approximate surface area is 145 Å². The first-order valence-electron chi connectivity index (χ1n) is 9.58. The van der Waals surface area contributed by atoms with Crippen molar-refractivity contribution in [1.29, 1.82) is 0 Å². The number of hydrogen-bond acceptors (Lipinski definition) is 3. The lowest BCUT2D eigenvalue weighted by Crippen LogP contribution is -2.47. The summed E-state index contributed by atoms with van der Waals surface area (Å²) in [5.41, 5.74) is 1.23. The highest BCUT2D eigenvalue weighted by Crippen LogP contribution is 2.60. The van der Waals surface area contributed by atoms with Crippen molar-refractivity contribution in [2.75, 3.05) is 6.61 Å². The van der Waals surface area contributed by atoms with Crippen LogP contribution in [0, 0.1) is 35.0 Å². The third-order valence-electron chi connectivity index (χ3n) is 7.62. The van der Waals surface area contributed by atoms with Crippen LogP contribution in [0.3, 0.4) is 0 Å². The lowest BCUT2D eigenvalue weighted by atomic mass is 9.54. The Balaban J connectivity index is 1.86. The van der Waals surface area contributed by atoms with E-state index in [1.54, 1.807) is 0 Å². The number of fused-ring (bicyclic) bond motifs is 1. The van der Waals surface area contributed by atoms with Crippen molar-refractivity contribution in [2.45, 2.75) is 64.4 Å². The van der Waals surface area contributed by atoms with Crippen LogP contribution in [0.1, 0.15) is 58.3 Å². The van der Waals surface area contributed by atoms with Crippen LogP contribution in [0.5, 0.6) is 0 Å². The van der Waals surface area contributed by atoms with Crippen LogP contribution >= 0.6 is 0 Å². The number of aliphatic hydroxyl groups excluding tert-OH is 2. The van der Waals surface area contributed by atoms with E-state index in [1.807, 2.05) is 0 Å². The molecule has 7 atom stereocenters. The smallest absolute Gasteiger partial charge is 0.307 e. The fraction of sp³-hybridized carbons (Fsp3) is 0.850. The molecule has 0 radical (unpaired) electrons. The van der Waals surface area contributed by atoms with Gasteiger partial charge in [0.1, 0.15) is 0 Å². The predicted molar refractivity (Wildman–Crippen MR) is 92.4 cm³/mol. The zero-order valence-electron chi connectivity index (χ0n) is 14.8. The van der Waals surface area contributed by atoms with Crippen LogP contribution in [0.2, 0.25) is 0 Å².